The Morgan fingerprint density at radius 1 is 1.43 bits per heavy atom. The van der Waals surface area contributed by atoms with Gasteiger partial charge in [-0.15, -0.1) is 0 Å². The lowest BCUT2D eigenvalue weighted by Gasteiger charge is -2.22. The molecule has 2 atom stereocenters. The summed E-state index contributed by atoms with van der Waals surface area (Å²) in [6.07, 6.45) is -1.28. The quantitative estimate of drug-likeness (QED) is 0.827. The molecule has 2 rings (SSSR count). The Morgan fingerprint density at radius 2 is 2.05 bits per heavy atom. The molecule has 0 unspecified atom stereocenters. The monoisotopic (exact) mass is 316 g/mol. The van der Waals surface area contributed by atoms with Gasteiger partial charge in [0, 0.05) is 19.2 Å². The lowest BCUT2D eigenvalue weighted by Crippen LogP contribution is -2.37. The summed E-state index contributed by atoms with van der Waals surface area (Å²) in [5.41, 5.74) is 0.333. The van der Waals surface area contributed by atoms with Gasteiger partial charge >= 0.3 is 0 Å². The third kappa shape index (κ3) is 3.07. The maximum Gasteiger partial charge on any atom is 0.251 e. The normalized spacial score (nSPS) is 23.2. The van der Waals surface area contributed by atoms with E-state index >= 15 is 0 Å². The van der Waals surface area contributed by atoms with E-state index < -0.39 is 28.8 Å². The number of alkyl halides is 1. The standard InChI is InChI=1S/C13H17FN2O4S/c1-15-13(18)9-2-4-12(5-3-9)21(19,20)16-7-10(14)6-11(16)8-17/h2-5,10-11,17H,6-8H2,1H3,(H,15,18)/t10-,11-/m0/s1. The van der Waals surface area contributed by atoms with Crippen LogP contribution in [0.2, 0.25) is 0 Å². The van der Waals surface area contributed by atoms with E-state index in [1.54, 1.807) is 0 Å². The molecular weight excluding hydrogens is 299 g/mol. The maximum absolute atomic E-state index is 13.4. The summed E-state index contributed by atoms with van der Waals surface area (Å²) in [4.78, 5) is 11.4. The fraction of sp³-hybridized carbons (Fsp3) is 0.462. The van der Waals surface area contributed by atoms with E-state index in [9.17, 15) is 22.7 Å². The van der Waals surface area contributed by atoms with Gasteiger partial charge in [0.2, 0.25) is 10.0 Å². The Labute approximate surface area is 122 Å². The van der Waals surface area contributed by atoms with Crippen LogP contribution in [0.3, 0.4) is 0 Å². The van der Waals surface area contributed by atoms with Crippen molar-refractivity contribution in [1.82, 2.24) is 9.62 Å². The summed E-state index contributed by atoms with van der Waals surface area (Å²) < 4.78 is 39.3. The second-order valence-corrected chi connectivity index (χ2v) is 6.74. The van der Waals surface area contributed by atoms with E-state index in [0.717, 1.165) is 4.31 Å². The molecular formula is C13H17FN2O4S. The zero-order valence-corrected chi connectivity index (χ0v) is 12.3. The second-order valence-electron chi connectivity index (χ2n) is 4.85. The molecule has 1 amide bonds. The van der Waals surface area contributed by atoms with Gasteiger partial charge in [0.25, 0.3) is 5.91 Å². The highest BCUT2D eigenvalue weighted by molar-refractivity contribution is 7.89. The van der Waals surface area contributed by atoms with Gasteiger partial charge in [-0.3, -0.25) is 4.79 Å². The molecule has 116 valence electrons. The van der Waals surface area contributed by atoms with Crippen molar-refractivity contribution in [2.24, 2.45) is 0 Å². The van der Waals surface area contributed by atoms with E-state index in [1.807, 2.05) is 0 Å². The second kappa shape index (κ2) is 6.08. The molecule has 0 saturated carbocycles. The molecule has 0 aliphatic carbocycles. The fourth-order valence-corrected chi connectivity index (χ4v) is 4.00. The lowest BCUT2D eigenvalue weighted by atomic mass is 10.2. The van der Waals surface area contributed by atoms with Gasteiger partial charge in [0.05, 0.1) is 17.5 Å². The molecule has 21 heavy (non-hydrogen) atoms. The van der Waals surface area contributed by atoms with Crippen molar-refractivity contribution in [2.75, 3.05) is 20.2 Å². The first-order valence-electron chi connectivity index (χ1n) is 6.49. The summed E-state index contributed by atoms with van der Waals surface area (Å²) >= 11 is 0. The summed E-state index contributed by atoms with van der Waals surface area (Å²) in [6.45, 7) is -0.680. The summed E-state index contributed by atoms with van der Waals surface area (Å²) in [7, 11) is -2.40. The molecule has 1 aromatic carbocycles. The van der Waals surface area contributed by atoms with Gasteiger partial charge in [-0.05, 0) is 30.7 Å². The van der Waals surface area contributed by atoms with Crippen molar-refractivity contribution in [3.05, 3.63) is 29.8 Å². The van der Waals surface area contributed by atoms with Gasteiger partial charge in [0.15, 0.2) is 0 Å². The molecule has 1 heterocycles. The van der Waals surface area contributed by atoms with Gasteiger partial charge in [-0.1, -0.05) is 0 Å². The number of amides is 1. The van der Waals surface area contributed by atoms with Crippen molar-refractivity contribution in [3.63, 3.8) is 0 Å². The molecule has 0 spiro atoms. The zero-order valence-electron chi connectivity index (χ0n) is 11.5. The number of hydrogen-bond acceptors (Lipinski definition) is 4. The highest BCUT2D eigenvalue weighted by atomic mass is 32.2. The Balaban J connectivity index is 2.29. The number of carbonyl (C=O) groups excluding carboxylic acids is 1. The number of benzene rings is 1. The Bertz CT molecular complexity index is 618. The summed E-state index contributed by atoms with van der Waals surface area (Å²) in [6, 6.07) is 4.65. The van der Waals surface area contributed by atoms with E-state index in [0.29, 0.717) is 5.56 Å². The predicted molar refractivity (Wildman–Crippen MR) is 74.1 cm³/mol. The number of rotatable bonds is 4. The molecule has 0 bridgehead atoms. The van der Waals surface area contributed by atoms with Gasteiger partial charge in [0.1, 0.15) is 6.17 Å². The Morgan fingerprint density at radius 3 is 2.57 bits per heavy atom. The number of nitrogens with zero attached hydrogens (tertiary/aromatic N) is 1. The molecule has 1 fully saturated rings. The highest BCUT2D eigenvalue weighted by Crippen LogP contribution is 2.27. The molecule has 1 saturated heterocycles. The van der Waals surface area contributed by atoms with Crippen LogP contribution in [0.4, 0.5) is 4.39 Å². The molecule has 1 aliphatic rings. The van der Waals surface area contributed by atoms with Crippen LogP contribution in [-0.2, 0) is 10.0 Å². The van der Waals surface area contributed by atoms with Crippen LogP contribution >= 0.6 is 0 Å². The van der Waals surface area contributed by atoms with Crippen LogP contribution in [0.1, 0.15) is 16.8 Å². The van der Waals surface area contributed by atoms with E-state index in [-0.39, 0.29) is 23.8 Å². The molecule has 0 radical (unpaired) electrons. The molecule has 6 nitrogen and oxygen atoms in total. The third-order valence-electron chi connectivity index (χ3n) is 3.47. The Kier molecular flexibility index (Phi) is 4.60. The van der Waals surface area contributed by atoms with Crippen molar-refractivity contribution in [3.8, 4) is 0 Å². The number of nitrogens with one attached hydrogen (secondary N) is 1. The largest absolute Gasteiger partial charge is 0.395 e. The van der Waals surface area contributed by atoms with Gasteiger partial charge < -0.3 is 10.4 Å². The average molecular weight is 316 g/mol. The molecule has 1 aliphatic heterocycles. The number of aliphatic hydroxyl groups is 1. The van der Waals surface area contributed by atoms with E-state index in [2.05, 4.69) is 5.32 Å². The maximum atomic E-state index is 13.4. The SMILES string of the molecule is CNC(=O)c1ccc(S(=O)(=O)N2C[C@@H](F)C[C@H]2CO)cc1. The molecule has 1 aromatic rings. The number of carbonyl (C=O) groups is 1. The molecule has 0 aromatic heterocycles. The van der Waals surface area contributed by atoms with Crippen LogP contribution in [0.15, 0.2) is 29.2 Å². The number of hydrogen-bond donors (Lipinski definition) is 2. The first-order valence-corrected chi connectivity index (χ1v) is 7.93. The third-order valence-corrected chi connectivity index (χ3v) is 5.41. The Hall–Kier alpha value is -1.51. The van der Waals surface area contributed by atoms with Gasteiger partial charge in [-0.25, -0.2) is 12.8 Å². The summed E-state index contributed by atoms with van der Waals surface area (Å²) in [5, 5.41) is 11.6. The predicted octanol–water partition coefficient (Wildman–Crippen LogP) is 0.140. The van der Waals surface area contributed by atoms with E-state index in [1.165, 1.54) is 31.3 Å². The number of sulfonamides is 1. The van der Waals surface area contributed by atoms with Crippen LogP contribution in [0.5, 0.6) is 0 Å². The van der Waals surface area contributed by atoms with Crippen LogP contribution < -0.4 is 5.32 Å². The van der Waals surface area contributed by atoms with Crippen LogP contribution in [-0.4, -0.2) is 56.1 Å². The number of halogens is 1. The zero-order chi connectivity index (χ0) is 15.6. The first kappa shape index (κ1) is 15.9. The topological polar surface area (TPSA) is 86.7 Å². The number of aliphatic hydroxyl groups excluding tert-OH is 1. The molecule has 8 heteroatoms. The van der Waals surface area contributed by atoms with Gasteiger partial charge in [-0.2, -0.15) is 4.31 Å². The van der Waals surface area contributed by atoms with E-state index in [4.69, 9.17) is 0 Å². The first-order chi connectivity index (χ1) is 9.90. The minimum atomic E-state index is -3.88. The fourth-order valence-electron chi connectivity index (χ4n) is 2.35. The van der Waals surface area contributed by atoms with Crippen molar-refractivity contribution in [1.29, 1.82) is 0 Å². The average Bonchev–Trinajstić information content (AvgIpc) is 2.88. The van der Waals surface area contributed by atoms with Crippen molar-refractivity contribution >= 4 is 15.9 Å². The summed E-state index contributed by atoms with van der Waals surface area (Å²) in [5.74, 6) is -0.322. The van der Waals surface area contributed by atoms with Crippen LogP contribution in [0.25, 0.3) is 0 Å². The highest BCUT2D eigenvalue weighted by Gasteiger charge is 2.40. The van der Waals surface area contributed by atoms with Crippen molar-refractivity contribution < 1.29 is 22.7 Å². The lowest BCUT2D eigenvalue weighted by molar-refractivity contribution is 0.0963. The molecule has 2 N–H and O–H groups in total. The smallest absolute Gasteiger partial charge is 0.251 e. The minimum Gasteiger partial charge on any atom is -0.395 e. The minimum absolute atomic E-state index is 0.00788. The van der Waals surface area contributed by atoms with Crippen molar-refractivity contribution in [2.45, 2.75) is 23.5 Å². The van der Waals surface area contributed by atoms with Crippen LogP contribution in [0, 0.1) is 0 Å².